The fraction of sp³-hybridized carbons (Fsp3) is 0.280. The number of amides is 2. The molecule has 1 fully saturated rings. The molecular weight excluding hydrogens is 478 g/mol. The monoisotopic (exact) mass is 503 g/mol. The smallest absolute Gasteiger partial charge is 0.292 e. The molecular formula is C25H25N7O5. The van der Waals surface area contributed by atoms with Gasteiger partial charge in [0, 0.05) is 37.0 Å². The third kappa shape index (κ3) is 6.10. The van der Waals surface area contributed by atoms with Crippen LogP contribution in [0.4, 0.5) is 5.82 Å². The molecule has 4 aromatic rings. The summed E-state index contributed by atoms with van der Waals surface area (Å²) in [5.41, 5.74) is 0.726. The van der Waals surface area contributed by atoms with Gasteiger partial charge in [-0.3, -0.25) is 14.3 Å². The predicted octanol–water partition coefficient (Wildman–Crippen LogP) is 3.59. The van der Waals surface area contributed by atoms with Crippen LogP contribution < -0.4 is 20.1 Å². The molecule has 0 bridgehead atoms. The Balaban J connectivity index is 1.31. The van der Waals surface area contributed by atoms with Gasteiger partial charge in [0.1, 0.15) is 22.9 Å². The van der Waals surface area contributed by atoms with Crippen LogP contribution in [-0.4, -0.2) is 48.9 Å². The van der Waals surface area contributed by atoms with Crippen LogP contribution >= 0.6 is 0 Å². The van der Waals surface area contributed by atoms with Gasteiger partial charge in [0.25, 0.3) is 23.5 Å². The summed E-state index contributed by atoms with van der Waals surface area (Å²) in [6.07, 6.45) is 5.03. The molecule has 5 rings (SSSR count). The van der Waals surface area contributed by atoms with Crippen LogP contribution in [0.1, 0.15) is 47.7 Å². The second kappa shape index (κ2) is 10.1. The molecule has 2 amide bonds. The number of hydrogen-bond acceptors (Lipinski definition) is 9. The molecule has 1 aliphatic rings. The second-order valence-electron chi connectivity index (χ2n) is 8.84. The molecule has 0 radical (unpaired) electrons. The lowest BCUT2D eigenvalue weighted by Gasteiger charge is -2.14. The van der Waals surface area contributed by atoms with Gasteiger partial charge >= 0.3 is 0 Å². The third-order valence-electron chi connectivity index (χ3n) is 5.20. The van der Waals surface area contributed by atoms with Crippen molar-refractivity contribution in [3.05, 3.63) is 60.2 Å². The molecule has 12 heteroatoms. The number of anilines is 1. The Kier molecular flexibility index (Phi) is 6.54. The van der Waals surface area contributed by atoms with E-state index in [1.165, 1.54) is 6.20 Å². The van der Waals surface area contributed by atoms with Gasteiger partial charge in [-0.2, -0.15) is 10.1 Å². The lowest BCUT2D eigenvalue weighted by atomic mass is 10.2. The van der Waals surface area contributed by atoms with Crippen LogP contribution in [0.25, 0.3) is 11.6 Å². The minimum absolute atomic E-state index is 0.0393. The second-order valence-corrected chi connectivity index (χ2v) is 8.84. The van der Waals surface area contributed by atoms with E-state index in [9.17, 15) is 9.59 Å². The number of nitrogens with zero attached hydrogens (tertiary/aromatic N) is 5. The molecule has 3 aromatic heterocycles. The maximum atomic E-state index is 12.8. The van der Waals surface area contributed by atoms with Crippen molar-refractivity contribution in [2.75, 3.05) is 5.32 Å². The molecule has 0 unspecified atom stereocenters. The van der Waals surface area contributed by atoms with Gasteiger partial charge in [-0.1, -0.05) is 5.16 Å². The highest BCUT2D eigenvalue weighted by Gasteiger charge is 2.26. The number of carbonyl (C=O) groups excluding carboxylic acids is 2. The molecule has 1 saturated carbocycles. The summed E-state index contributed by atoms with van der Waals surface area (Å²) < 4.78 is 18.5. The van der Waals surface area contributed by atoms with E-state index >= 15 is 0 Å². The highest BCUT2D eigenvalue weighted by molar-refractivity contribution is 6.04. The Morgan fingerprint density at radius 2 is 1.89 bits per heavy atom. The molecule has 0 saturated heterocycles. The van der Waals surface area contributed by atoms with Crippen LogP contribution in [0.3, 0.4) is 0 Å². The standard InChI is InChI=1S/C25H25N7O5/c1-14(2)35-18-10-15(23(33)28-21-8-9-32(3)30-21)11-19(12-18)36-17-6-7-20(26-13-17)25-29-22(31-37-25)24(34)27-16-4-5-16/h6-14,16H,4-5H2,1-3H3,(H,27,34)(H,28,30,33). The van der Waals surface area contributed by atoms with Crippen LogP contribution in [-0.2, 0) is 7.05 Å². The summed E-state index contributed by atoms with van der Waals surface area (Å²) >= 11 is 0. The number of nitrogens with one attached hydrogen (secondary N) is 2. The lowest BCUT2D eigenvalue weighted by Crippen LogP contribution is -2.26. The molecule has 37 heavy (non-hydrogen) atoms. The van der Waals surface area contributed by atoms with Crippen LogP contribution in [0, 0.1) is 0 Å². The summed E-state index contributed by atoms with van der Waals surface area (Å²) in [6.45, 7) is 3.78. The van der Waals surface area contributed by atoms with Gasteiger partial charge in [0.15, 0.2) is 5.82 Å². The number of benzene rings is 1. The van der Waals surface area contributed by atoms with Crippen molar-refractivity contribution in [1.29, 1.82) is 0 Å². The van der Waals surface area contributed by atoms with E-state index in [1.54, 1.807) is 54.3 Å². The topological polar surface area (TPSA) is 146 Å². The highest BCUT2D eigenvalue weighted by Crippen LogP contribution is 2.29. The molecule has 1 aliphatic carbocycles. The maximum absolute atomic E-state index is 12.8. The van der Waals surface area contributed by atoms with Gasteiger partial charge < -0.3 is 24.6 Å². The number of aromatic nitrogens is 5. The first-order valence-corrected chi connectivity index (χ1v) is 11.7. The maximum Gasteiger partial charge on any atom is 0.292 e. The first-order chi connectivity index (χ1) is 17.8. The van der Waals surface area contributed by atoms with E-state index in [2.05, 4.69) is 30.9 Å². The van der Waals surface area contributed by atoms with Crippen molar-refractivity contribution in [3.8, 4) is 28.8 Å². The number of aryl methyl sites for hydroxylation is 1. The summed E-state index contributed by atoms with van der Waals surface area (Å²) in [5.74, 6) is 1.05. The molecule has 0 spiro atoms. The number of hydrogen-bond donors (Lipinski definition) is 2. The van der Waals surface area contributed by atoms with Gasteiger partial charge in [-0.15, -0.1) is 0 Å². The number of carbonyl (C=O) groups is 2. The molecule has 2 N–H and O–H groups in total. The average molecular weight is 504 g/mol. The van der Waals surface area contributed by atoms with Gasteiger partial charge in [0.2, 0.25) is 0 Å². The predicted molar refractivity (Wildman–Crippen MR) is 131 cm³/mol. The molecule has 3 heterocycles. The van der Waals surface area contributed by atoms with Crippen molar-refractivity contribution in [1.82, 2.24) is 30.2 Å². The zero-order chi connectivity index (χ0) is 25.9. The Morgan fingerprint density at radius 3 is 2.57 bits per heavy atom. The highest BCUT2D eigenvalue weighted by atomic mass is 16.5. The fourth-order valence-electron chi connectivity index (χ4n) is 3.37. The zero-order valence-corrected chi connectivity index (χ0v) is 20.5. The van der Waals surface area contributed by atoms with Crippen LogP contribution in [0.15, 0.2) is 53.3 Å². The molecule has 1 aromatic carbocycles. The molecule has 0 aliphatic heterocycles. The van der Waals surface area contributed by atoms with Crippen molar-refractivity contribution >= 4 is 17.6 Å². The van der Waals surface area contributed by atoms with Gasteiger partial charge in [-0.25, -0.2) is 4.98 Å². The summed E-state index contributed by atoms with van der Waals surface area (Å²) in [4.78, 5) is 33.4. The molecule has 190 valence electrons. The van der Waals surface area contributed by atoms with Crippen molar-refractivity contribution < 1.29 is 23.6 Å². The summed E-state index contributed by atoms with van der Waals surface area (Å²) in [7, 11) is 1.77. The fourth-order valence-corrected chi connectivity index (χ4v) is 3.37. The minimum atomic E-state index is -0.371. The van der Waals surface area contributed by atoms with Crippen LogP contribution in [0.5, 0.6) is 17.2 Å². The quantitative estimate of drug-likeness (QED) is 0.350. The van der Waals surface area contributed by atoms with E-state index in [1.807, 2.05) is 13.8 Å². The van der Waals surface area contributed by atoms with Crippen molar-refractivity contribution in [2.24, 2.45) is 7.05 Å². The first kappa shape index (κ1) is 24.0. The minimum Gasteiger partial charge on any atom is -0.491 e. The van der Waals surface area contributed by atoms with Gasteiger partial charge in [-0.05, 0) is 51.0 Å². The zero-order valence-electron chi connectivity index (χ0n) is 20.5. The van der Waals surface area contributed by atoms with Crippen molar-refractivity contribution in [2.45, 2.75) is 38.8 Å². The summed E-state index contributed by atoms with van der Waals surface area (Å²) in [5, 5.41) is 13.5. The van der Waals surface area contributed by atoms with E-state index in [0.717, 1.165) is 12.8 Å². The Hall–Kier alpha value is -4.74. The van der Waals surface area contributed by atoms with Crippen molar-refractivity contribution in [3.63, 3.8) is 0 Å². The van der Waals surface area contributed by atoms with Crippen LogP contribution in [0.2, 0.25) is 0 Å². The third-order valence-corrected chi connectivity index (χ3v) is 5.20. The first-order valence-electron chi connectivity index (χ1n) is 11.7. The SMILES string of the molecule is CC(C)Oc1cc(Oc2ccc(-c3nc(C(=O)NC4CC4)no3)nc2)cc(C(=O)Nc2ccn(C)n2)c1. The van der Waals surface area contributed by atoms with E-state index < -0.39 is 0 Å². The Labute approximate surface area is 212 Å². The van der Waals surface area contributed by atoms with Gasteiger partial charge in [0.05, 0.1) is 12.3 Å². The number of rotatable bonds is 9. The van der Waals surface area contributed by atoms with E-state index in [0.29, 0.717) is 34.3 Å². The normalized spacial score (nSPS) is 12.9. The number of pyridine rings is 1. The lowest BCUT2D eigenvalue weighted by molar-refractivity contribution is 0.0937. The average Bonchev–Trinajstić information content (AvgIpc) is 3.35. The summed E-state index contributed by atoms with van der Waals surface area (Å²) in [6, 6.07) is 10.1. The Bertz CT molecular complexity index is 1420. The Morgan fingerprint density at radius 1 is 1.08 bits per heavy atom. The number of ether oxygens (including phenoxy) is 2. The largest absolute Gasteiger partial charge is 0.491 e. The molecule has 0 atom stereocenters. The molecule has 12 nitrogen and oxygen atoms in total. The van der Waals surface area contributed by atoms with E-state index in [4.69, 9.17) is 14.0 Å². The van der Waals surface area contributed by atoms with E-state index in [-0.39, 0.29) is 35.7 Å².